The summed E-state index contributed by atoms with van der Waals surface area (Å²) in [5.41, 5.74) is 0. The molecule has 3 rings (SSSR count). The van der Waals surface area contributed by atoms with E-state index < -0.39 is 49.2 Å². The van der Waals surface area contributed by atoms with Crippen LogP contribution in [0.4, 0.5) is 26.3 Å². The van der Waals surface area contributed by atoms with Crippen LogP contribution in [0.3, 0.4) is 0 Å². The lowest BCUT2D eigenvalue weighted by atomic mass is 9.69. The lowest BCUT2D eigenvalue weighted by Gasteiger charge is -2.43. The number of alkyl halides is 7. The van der Waals surface area contributed by atoms with E-state index in [0.717, 1.165) is 25.7 Å². The number of rotatable bonds is 4. The molecule has 0 amide bonds. The van der Waals surface area contributed by atoms with Gasteiger partial charge in [-0.15, -0.1) is 11.6 Å². The van der Waals surface area contributed by atoms with Crippen LogP contribution in [0, 0.1) is 17.8 Å². The Kier molecular flexibility index (Phi) is 6.92. The van der Waals surface area contributed by atoms with E-state index in [0.29, 0.717) is 0 Å². The van der Waals surface area contributed by atoms with Crippen LogP contribution in [0.1, 0.15) is 57.8 Å². The van der Waals surface area contributed by atoms with E-state index in [1.165, 1.54) is 0 Å². The zero-order valence-corrected chi connectivity index (χ0v) is 15.9. The van der Waals surface area contributed by atoms with Crippen molar-refractivity contribution in [3.8, 4) is 0 Å². The van der Waals surface area contributed by atoms with Crippen molar-refractivity contribution in [1.29, 1.82) is 0 Å². The fourth-order valence-electron chi connectivity index (χ4n) is 5.00. The van der Waals surface area contributed by atoms with Gasteiger partial charge in [-0.3, -0.25) is 0 Å². The molecule has 5 atom stereocenters. The highest BCUT2D eigenvalue weighted by Gasteiger charge is 2.56. The molecule has 158 valence electrons. The molecule has 3 aliphatic carbocycles. The van der Waals surface area contributed by atoms with E-state index in [9.17, 15) is 26.3 Å². The lowest BCUT2D eigenvalue weighted by molar-refractivity contribution is -0.321. The molecule has 0 saturated heterocycles. The average Bonchev–Trinajstić information content (AvgIpc) is 2.57. The Hall–Kier alpha value is -0.170. The number of halogens is 7. The van der Waals surface area contributed by atoms with Gasteiger partial charge in [0.2, 0.25) is 0 Å². The summed E-state index contributed by atoms with van der Waals surface area (Å²) in [6, 6.07) is 0. The summed E-state index contributed by atoms with van der Waals surface area (Å²) in [6.45, 7) is 0. The molecule has 0 bridgehead atoms. The van der Waals surface area contributed by atoms with Crippen molar-refractivity contribution in [3.63, 3.8) is 0 Å². The summed E-state index contributed by atoms with van der Waals surface area (Å²) in [4.78, 5) is 0. The first-order valence-electron chi connectivity index (χ1n) is 9.93. The second-order valence-corrected chi connectivity index (χ2v) is 9.07. The third-order valence-corrected chi connectivity index (χ3v) is 7.00. The first kappa shape index (κ1) is 21.5. The van der Waals surface area contributed by atoms with Crippen LogP contribution in [0.15, 0.2) is 0 Å². The van der Waals surface area contributed by atoms with Gasteiger partial charge in [-0.2, -0.15) is 8.78 Å². The Labute approximate surface area is 161 Å². The molecule has 0 aromatic carbocycles. The molecule has 0 heterocycles. The maximum atomic E-state index is 14.6. The van der Waals surface area contributed by atoms with Crippen LogP contribution in [0.25, 0.3) is 0 Å². The molecule has 5 unspecified atom stereocenters. The quantitative estimate of drug-likeness (QED) is 0.381. The number of ether oxygens (including phenoxy) is 1. The van der Waals surface area contributed by atoms with Gasteiger partial charge in [-0.25, -0.2) is 17.6 Å². The van der Waals surface area contributed by atoms with E-state index in [1.807, 2.05) is 0 Å². The topological polar surface area (TPSA) is 9.23 Å². The standard InChI is InChI=1S/C19H27ClF6O/c20-12-3-1-10(2-4-12)11-7-16(23)18(17(24)8-11)19(25,26)27-13-5-6-14(21)15(22)9-13/h10-18H,1-9H2. The maximum absolute atomic E-state index is 14.6. The molecule has 3 fully saturated rings. The van der Waals surface area contributed by atoms with Gasteiger partial charge in [-0.1, -0.05) is 0 Å². The number of hydrogen-bond donors (Lipinski definition) is 0. The second-order valence-electron chi connectivity index (χ2n) is 8.45. The molecule has 0 radical (unpaired) electrons. The average molecular weight is 421 g/mol. The highest BCUT2D eigenvalue weighted by atomic mass is 35.5. The zero-order valence-electron chi connectivity index (χ0n) is 15.1. The van der Waals surface area contributed by atoms with E-state index in [-0.39, 0.29) is 42.9 Å². The molecule has 0 aromatic heterocycles. The van der Waals surface area contributed by atoms with Crippen molar-refractivity contribution in [2.24, 2.45) is 17.8 Å². The first-order valence-corrected chi connectivity index (χ1v) is 10.4. The first-order chi connectivity index (χ1) is 12.7. The highest BCUT2D eigenvalue weighted by molar-refractivity contribution is 6.20. The molecule has 1 nitrogen and oxygen atoms in total. The number of hydrogen-bond acceptors (Lipinski definition) is 1. The van der Waals surface area contributed by atoms with E-state index >= 15 is 0 Å². The van der Waals surface area contributed by atoms with Gasteiger partial charge >= 0.3 is 6.11 Å². The molecular weight excluding hydrogens is 394 g/mol. The Morgan fingerprint density at radius 1 is 0.667 bits per heavy atom. The van der Waals surface area contributed by atoms with Gasteiger partial charge in [0.15, 0.2) is 0 Å². The fourth-order valence-corrected chi connectivity index (χ4v) is 5.25. The molecular formula is C19H27ClF6O. The van der Waals surface area contributed by atoms with E-state index in [2.05, 4.69) is 4.74 Å². The second kappa shape index (κ2) is 8.68. The summed E-state index contributed by atoms with van der Waals surface area (Å²) < 4.78 is 89.4. The fraction of sp³-hybridized carbons (Fsp3) is 1.00. The molecule has 0 aromatic rings. The normalized spacial score (nSPS) is 47.0. The minimum Gasteiger partial charge on any atom is -0.317 e. The van der Waals surface area contributed by atoms with Crippen molar-refractivity contribution < 1.29 is 31.1 Å². The van der Waals surface area contributed by atoms with Gasteiger partial charge in [0.05, 0.1) is 6.10 Å². The molecule has 0 aliphatic heterocycles. The van der Waals surface area contributed by atoms with Crippen molar-refractivity contribution in [3.05, 3.63) is 0 Å². The summed E-state index contributed by atoms with van der Waals surface area (Å²) in [6.07, 6.45) is -10.9. The van der Waals surface area contributed by atoms with Crippen LogP contribution >= 0.6 is 11.6 Å². The minimum absolute atomic E-state index is 0.0800. The van der Waals surface area contributed by atoms with Gasteiger partial charge in [0.1, 0.15) is 30.6 Å². The molecule has 0 N–H and O–H groups in total. The third kappa shape index (κ3) is 5.06. The monoisotopic (exact) mass is 420 g/mol. The summed E-state index contributed by atoms with van der Waals surface area (Å²) in [7, 11) is 0. The van der Waals surface area contributed by atoms with Crippen LogP contribution < -0.4 is 0 Å². The molecule has 27 heavy (non-hydrogen) atoms. The van der Waals surface area contributed by atoms with Gasteiger partial charge in [0, 0.05) is 11.8 Å². The summed E-state index contributed by atoms with van der Waals surface area (Å²) >= 11 is 6.06. The van der Waals surface area contributed by atoms with Crippen molar-refractivity contribution in [2.45, 2.75) is 100 Å². The molecule has 3 saturated carbocycles. The van der Waals surface area contributed by atoms with Crippen LogP contribution in [-0.4, -0.2) is 42.3 Å². The van der Waals surface area contributed by atoms with E-state index in [4.69, 9.17) is 11.6 Å². The van der Waals surface area contributed by atoms with Gasteiger partial charge in [0.25, 0.3) is 0 Å². The smallest absolute Gasteiger partial charge is 0.317 e. The Morgan fingerprint density at radius 3 is 1.81 bits per heavy atom. The Balaban J connectivity index is 1.59. The predicted octanol–water partition coefficient (Wildman–Crippen LogP) is 6.32. The minimum atomic E-state index is -4.04. The van der Waals surface area contributed by atoms with Gasteiger partial charge in [-0.05, 0) is 63.2 Å². The van der Waals surface area contributed by atoms with Crippen molar-refractivity contribution >= 4 is 11.6 Å². The van der Waals surface area contributed by atoms with E-state index in [1.54, 1.807) is 0 Å². The van der Waals surface area contributed by atoms with Crippen LogP contribution in [0.5, 0.6) is 0 Å². The van der Waals surface area contributed by atoms with Gasteiger partial charge < -0.3 is 4.74 Å². The van der Waals surface area contributed by atoms with Crippen LogP contribution in [0.2, 0.25) is 0 Å². The molecule has 8 heteroatoms. The zero-order chi connectivity index (χ0) is 19.8. The van der Waals surface area contributed by atoms with Crippen molar-refractivity contribution in [2.75, 3.05) is 0 Å². The van der Waals surface area contributed by atoms with Crippen LogP contribution in [-0.2, 0) is 4.74 Å². The maximum Gasteiger partial charge on any atom is 0.364 e. The summed E-state index contributed by atoms with van der Waals surface area (Å²) in [5.74, 6) is -2.36. The predicted molar refractivity (Wildman–Crippen MR) is 91.1 cm³/mol. The largest absolute Gasteiger partial charge is 0.364 e. The highest BCUT2D eigenvalue weighted by Crippen LogP contribution is 2.48. The Bertz CT molecular complexity index is 475. The SMILES string of the molecule is FC1CCC(OC(F)(F)C2C(F)CC(C3CCC(Cl)CC3)CC2F)CC1F. The summed E-state index contributed by atoms with van der Waals surface area (Å²) in [5, 5.41) is 0.0800. The molecule has 0 spiro atoms. The third-order valence-electron chi connectivity index (χ3n) is 6.56. The lowest BCUT2D eigenvalue weighted by Crippen LogP contribution is -2.51. The molecule has 3 aliphatic rings. The van der Waals surface area contributed by atoms with Crippen molar-refractivity contribution in [1.82, 2.24) is 0 Å². The Morgan fingerprint density at radius 2 is 1.26 bits per heavy atom.